The molecule has 0 heterocycles. The zero-order valence-corrected chi connectivity index (χ0v) is 12.4. The van der Waals surface area contributed by atoms with Crippen LogP contribution in [0.5, 0.6) is 0 Å². The summed E-state index contributed by atoms with van der Waals surface area (Å²) in [4.78, 5) is 24.4. The Bertz CT molecular complexity index is 459. The highest BCUT2D eigenvalue weighted by atomic mass is 79.9. The van der Waals surface area contributed by atoms with Crippen molar-refractivity contribution < 1.29 is 18.7 Å². The van der Waals surface area contributed by atoms with Crippen LogP contribution in [-0.2, 0) is 9.53 Å². The molecule has 1 aromatic rings. The molecule has 0 unspecified atom stereocenters. The van der Waals surface area contributed by atoms with Crippen LogP contribution < -0.4 is 0 Å². The molecule has 0 fully saturated rings. The van der Waals surface area contributed by atoms with Gasteiger partial charge in [0.1, 0.15) is 5.82 Å². The van der Waals surface area contributed by atoms with Crippen LogP contribution in [0, 0.1) is 5.82 Å². The molecule has 0 aliphatic carbocycles. The first-order valence-electron chi connectivity index (χ1n) is 5.73. The first-order valence-corrected chi connectivity index (χ1v) is 6.53. The maximum Gasteiger partial charge on any atom is 0.305 e. The second-order valence-electron chi connectivity index (χ2n) is 4.00. The van der Waals surface area contributed by atoms with Gasteiger partial charge in [-0.25, -0.2) is 4.39 Å². The van der Waals surface area contributed by atoms with Gasteiger partial charge >= 0.3 is 5.97 Å². The molecular weight excluding hydrogens is 317 g/mol. The number of rotatable bonds is 5. The Morgan fingerprint density at radius 1 is 1.42 bits per heavy atom. The average Bonchev–Trinajstić information content (AvgIpc) is 2.37. The van der Waals surface area contributed by atoms with Crippen molar-refractivity contribution in [3.8, 4) is 0 Å². The Hall–Kier alpha value is -1.43. The summed E-state index contributed by atoms with van der Waals surface area (Å²) in [6.07, 6.45) is 0.702. The fourth-order valence-electron chi connectivity index (χ4n) is 1.56. The minimum Gasteiger partial charge on any atom is -0.469 e. The fraction of sp³-hybridized carbons (Fsp3) is 0.385. The van der Waals surface area contributed by atoms with Gasteiger partial charge in [-0.15, -0.1) is 0 Å². The average molecular weight is 332 g/mol. The summed E-state index contributed by atoms with van der Waals surface area (Å²) in [6.45, 7) is 0.356. The number of hydrogen-bond acceptors (Lipinski definition) is 3. The van der Waals surface area contributed by atoms with Crippen LogP contribution in [0.2, 0.25) is 0 Å². The van der Waals surface area contributed by atoms with E-state index in [2.05, 4.69) is 20.7 Å². The molecular formula is C13H15BrFNO3. The van der Waals surface area contributed by atoms with Crippen molar-refractivity contribution in [3.63, 3.8) is 0 Å². The predicted octanol–water partition coefficient (Wildman–Crippen LogP) is 2.61. The molecule has 0 aliphatic heterocycles. The molecule has 6 heteroatoms. The fourth-order valence-corrected chi connectivity index (χ4v) is 2.07. The summed E-state index contributed by atoms with van der Waals surface area (Å²) in [7, 11) is 2.88. The predicted molar refractivity (Wildman–Crippen MR) is 72.3 cm³/mol. The van der Waals surface area contributed by atoms with Crippen LogP contribution in [-0.4, -0.2) is 37.5 Å². The monoisotopic (exact) mass is 331 g/mol. The number of carbonyl (C=O) groups is 2. The number of hydrogen-bond donors (Lipinski definition) is 0. The summed E-state index contributed by atoms with van der Waals surface area (Å²) in [5.74, 6) is -1.32. The van der Waals surface area contributed by atoms with Crippen molar-refractivity contribution in [2.45, 2.75) is 12.8 Å². The molecule has 0 atom stereocenters. The maximum absolute atomic E-state index is 13.6. The van der Waals surface area contributed by atoms with Crippen LogP contribution in [0.15, 0.2) is 22.7 Å². The van der Waals surface area contributed by atoms with Gasteiger partial charge in [0.15, 0.2) is 0 Å². The molecule has 0 spiro atoms. The SMILES string of the molecule is COC(=O)CCCN(C)C(=O)c1c(F)cccc1Br. The van der Waals surface area contributed by atoms with Crippen LogP contribution in [0.25, 0.3) is 0 Å². The smallest absolute Gasteiger partial charge is 0.305 e. The lowest BCUT2D eigenvalue weighted by Gasteiger charge is -2.18. The number of ether oxygens (including phenoxy) is 1. The Morgan fingerprint density at radius 2 is 2.11 bits per heavy atom. The molecule has 0 aliphatic rings. The highest BCUT2D eigenvalue weighted by Gasteiger charge is 2.19. The van der Waals surface area contributed by atoms with E-state index in [9.17, 15) is 14.0 Å². The quantitative estimate of drug-likeness (QED) is 0.779. The zero-order chi connectivity index (χ0) is 14.4. The van der Waals surface area contributed by atoms with Gasteiger partial charge in [0.05, 0.1) is 12.7 Å². The highest BCUT2D eigenvalue weighted by molar-refractivity contribution is 9.10. The summed E-state index contributed by atoms with van der Waals surface area (Å²) in [6, 6.07) is 4.37. The Morgan fingerprint density at radius 3 is 2.68 bits per heavy atom. The van der Waals surface area contributed by atoms with Gasteiger partial charge in [-0.05, 0) is 34.5 Å². The summed E-state index contributed by atoms with van der Waals surface area (Å²) in [5.41, 5.74) is 0.00284. The third-order valence-corrected chi connectivity index (χ3v) is 3.29. The maximum atomic E-state index is 13.6. The molecule has 1 aromatic carbocycles. The van der Waals surface area contributed by atoms with E-state index in [0.29, 0.717) is 17.4 Å². The number of amides is 1. The molecule has 0 N–H and O–H groups in total. The minimum atomic E-state index is -0.570. The number of carbonyl (C=O) groups excluding carboxylic acids is 2. The largest absolute Gasteiger partial charge is 0.469 e. The van der Waals surface area contributed by atoms with Gasteiger partial charge in [0.25, 0.3) is 5.91 Å². The van der Waals surface area contributed by atoms with Crippen LogP contribution in [0.3, 0.4) is 0 Å². The van der Waals surface area contributed by atoms with Crippen molar-refractivity contribution >= 4 is 27.8 Å². The van der Waals surface area contributed by atoms with E-state index >= 15 is 0 Å². The van der Waals surface area contributed by atoms with Gasteiger partial charge in [-0.1, -0.05) is 6.07 Å². The number of methoxy groups -OCH3 is 1. The van der Waals surface area contributed by atoms with E-state index in [1.165, 1.54) is 24.1 Å². The van der Waals surface area contributed by atoms with Crippen molar-refractivity contribution in [3.05, 3.63) is 34.1 Å². The molecule has 19 heavy (non-hydrogen) atoms. The van der Waals surface area contributed by atoms with E-state index in [1.54, 1.807) is 13.1 Å². The van der Waals surface area contributed by atoms with Crippen molar-refractivity contribution in [2.75, 3.05) is 20.7 Å². The summed E-state index contributed by atoms with van der Waals surface area (Å²) >= 11 is 3.16. The second-order valence-corrected chi connectivity index (χ2v) is 4.86. The first-order chi connectivity index (χ1) is 8.97. The molecule has 0 saturated carbocycles. The molecule has 0 aromatic heterocycles. The summed E-state index contributed by atoms with van der Waals surface area (Å²) in [5, 5.41) is 0. The minimum absolute atomic E-state index is 0.00284. The van der Waals surface area contributed by atoms with E-state index in [4.69, 9.17) is 0 Å². The highest BCUT2D eigenvalue weighted by Crippen LogP contribution is 2.21. The molecule has 1 rings (SSSR count). The van der Waals surface area contributed by atoms with Gasteiger partial charge in [0, 0.05) is 24.5 Å². The molecule has 4 nitrogen and oxygen atoms in total. The normalized spacial score (nSPS) is 10.1. The zero-order valence-electron chi connectivity index (χ0n) is 10.8. The van der Waals surface area contributed by atoms with E-state index in [0.717, 1.165) is 0 Å². The van der Waals surface area contributed by atoms with E-state index in [-0.39, 0.29) is 18.0 Å². The second kappa shape index (κ2) is 7.23. The lowest BCUT2D eigenvalue weighted by molar-refractivity contribution is -0.140. The lowest BCUT2D eigenvalue weighted by Crippen LogP contribution is -2.29. The van der Waals surface area contributed by atoms with Crippen LogP contribution in [0.4, 0.5) is 4.39 Å². The van der Waals surface area contributed by atoms with Gasteiger partial charge in [-0.3, -0.25) is 9.59 Å². The summed E-state index contributed by atoms with van der Waals surface area (Å²) < 4.78 is 18.5. The molecule has 1 amide bonds. The molecule has 104 valence electrons. The Kier molecular flexibility index (Phi) is 5.95. The van der Waals surface area contributed by atoms with E-state index < -0.39 is 11.7 Å². The topological polar surface area (TPSA) is 46.6 Å². The number of halogens is 2. The van der Waals surface area contributed by atoms with Gasteiger partial charge in [0.2, 0.25) is 0 Å². The third-order valence-electron chi connectivity index (χ3n) is 2.63. The van der Waals surface area contributed by atoms with Crippen molar-refractivity contribution in [2.24, 2.45) is 0 Å². The van der Waals surface area contributed by atoms with Crippen LogP contribution in [0.1, 0.15) is 23.2 Å². The van der Waals surface area contributed by atoms with Crippen LogP contribution >= 0.6 is 15.9 Å². The van der Waals surface area contributed by atoms with E-state index in [1.807, 2.05) is 0 Å². The number of benzene rings is 1. The molecule has 0 bridgehead atoms. The molecule has 0 radical (unpaired) electrons. The van der Waals surface area contributed by atoms with Gasteiger partial charge < -0.3 is 9.64 Å². The number of esters is 1. The molecule has 0 saturated heterocycles. The van der Waals surface area contributed by atoms with Gasteiger partial charge in [-0.2, -0.15) is 0 Å². The first kappa shape index (κ1) is 15.6. The third kappa shape index (κ3) is 4.31. The lowest BCUT2D eigenvalue weighted by atomic mass is 10.2. The Balaban J connectivity index is 2.64. The van der Waals surface area contributed by atoms with Crippen molar-refractivity contribution in [1.29, 1.82) is 0 Å². The number of nitrogens with zero attached hydrogens (tertiary/aromatic N) is 1. The Labute approximate surface area is 119 Å². The standard InChI is InChI=1S/C13H15BrFNO3/c1-16(8-4-7-11(17)19-2)13(18)12-9(14)5-3-6-10(12)15/h3,5-6H,4,7-8H2,1-2H3. The van der Waals surface area contributed by atoms with Crippen molar-refractivity contribution in [1.82, 2.24) is 4.90 Å².